The lowest BCUT2D eigenvalue weighted by Gasteiger charge is -2.21. The van der Waals surface area contributed by atoms with Crippen molar-refractivity contribution in [2.45, 2.75) is 19.4 Å². The molecule has 1 aromatic carbocycles. The number of hydrogen-bond donors (Lipinski definition) is 1. The Bertz CT molecular complexity index is 407. The Morgan fingerprint density at radius 2 is 2.12 bits per heavy atom. The molecule has 0 heterocycles. The van der Waals surface area contributed by atoms with Crippen molar-refractivity contribution in [2.75, 3.05) is 12.4 Å². The Kier molecular flexibility index (Phi) is 4.35. The van der Waals surface area contributed by atoms with Crippen molar-refractivity contribution >= 4 is 39.1 Å². The minimum atomic E-state index is -0.855. The van der Waals surface area contributed by atoms with E-state index in [0.717, 1.165) is 4.47 Å². The third kappa shape index (κ3) is 3.20. The average molecular weight is 307 g/mol. The van der Waals surface area contributed by atoms with Crippen LogP contribution in [-0.2, 0) is 9.53 Å². The number of amides is 1. The highest BCUT2D eigenvalue weighted by atomic mass is 79.9. The molecule has 1 rings (SSSR count). The fourth-order valence-electron chi connectivity index (χ4n) is 0.948. The van der Waals surface area contributed by atoms with Gasteiger partial charge in [0.05, 0.1) is 5.02 Å². The minimum Gasteiger partial charge on any atom is -0.369 e. The second-order valence-corrected chi connectivity index (χ2v) is 5.06. The van der Waals surface area contributed by atoms with Gasteiger partial charge in [-0.1, -0.05) is 11.6 Å². The van der Waals surface area contributed by atoms with Crippen LogP contribution in [-0.4, -0.2) is 18.6 Å². The van der Waals surface area contributed by atoms with Crippen LogP contribution in [0.1, 0.15) is 13.8 Å². The van der Waals surface area contributed by atoms with Gasteiger partial charge in [-0.25, -0.2) is 0 Å². The van der Waals surface area contributed by atoms with E-state index >= 15 is 0 Å². The van der Waals surface area contributed by atoms with Gasteiger partial charge in [0, 0.05) is 17.3 Å². The van der Waals surface area contributed by atoms with E-state index in [0.29, 0.717) is 10.7 Å². The number of rotatable bonds is 3. The van der Waals surface area contributed by atoms with Crippen LogP contribution >= 0.6 is 27.5 Å². The summed E-state index contributed by atoms with van der Waals surface area (Å²) in [7, 11) is 1.50. The summed E-state index contributed by atoms with van der Waals surface area (Å²) in [5.74, 6) is -0.204. The summed E-state index contributed by atoms with van der Waals surface area (Å²) >= 11 is 9.14. The Morgan fingerprint density at radius 1 is 1.50 bits per heavy atom. The van der Waals surface area contributed by atoms with E-state index in [4.69, 9.17) is 16.3 Å². The first kappa shape index (κ1) is 13.5. The zero-order valence-electron chi connectivity index (χ0n) is 9.30. The second-order valence-electron chi connectivity index (χ2n) is 3.80. The molecule has 1 amide bonds. The summed E-state index contributed by atoms with van der Waals surface area (Å²) in [4.78, 5) is 11.8. The van der Waals surface area contributed by atoms with E-state index in [1.54, 1.807) is 32.0 Å². The highest BCUT2D eigenvalue weighted by Gasteiger charge is 2.26. The van der Waals surface area contributed by atoms with E-state index in [9.17, 15) is 4.79 Å². The monoisotopic (exact) mass is 305 g/mol. The number of nitrogens with one attached hydrogen (secondary N) is 1. The fourth-order valence-corrected chi connectivity index (χ4v) is 1.44. The second kappa shape index (κ2) is 5.17. The fraction of sp³-hybridized carbons (Fsp3) is 0.364. The zero-order chi connectivity index (χ0) is 12.3. The Morgan fingerprint density at radius 3 is 2.62 bits per heavy atom. The normalized spacial score (nSPS) is 11.3. The van der Waals surface area contributed by atoms with Gasteiger partial charge in [0.15, 0.2) is 0 Å². The lowest BCUT2D eigenvalue weighted by Crippen LogP contribution is -2.38. The smallest absolute Gasteiger partial charge is 0.256 e. The highest BCUT2D eigenvalue weighted by molar-refractivity contribution is 9.10. The van der Waals surface area contributed by atoms with Crippen LogP contribution in [0.2, 0.25) is 5.02 Å². The number of carbonyl (C=O) groups is 1. The molecular weight excluding hydrogens is 293 g/mol. The molecule has 0 saturated carbocycles. The van der Waals surface area contributed by atoms with Crippen LogP contribution in [0, 0.1) is 0 Å². The van der Waals surface area contributed by atoms with Gasteiger partial charge in [-0.2, -0.15) is 0 Å². The Hall–Kier alpha value is -0.580. The standard InChI is InChI=1S/C11H13BrClNO2/c1-11(2,16-3)10(15)14-7-4-5-9(13)8(12)6-7/h4-6H,1-3H3,(H,14,15). The van der Waals surface area contributed by atoms with Crippen LogP contribution in [0.25, 0.3) is 0 Å². The molecule has 0 bridgehead atoms. The molecule has 0 aliphatic rings. The lowest BCUT2D eigenvalue weighted by atomic mass is 10.1. The third-order valence-corrected chi connectivity index (χ3v) is 3.45. The molecule has 88 valence electrons. The van der Waals surface area contributed by atoms with E-state index < -0.39 is 5.60 Å². The third-order valence-electron chi connectivity index (χ3n) is 2.23. The molecule has 0 aliphatic carbocycles. The Labute approximate surface area is 108 Å². The molecule has 0 atom stereocenters. The van der Waals surface area contributed by atoms with Gasteiger partial charge in [-0.3, -0.25) is 4.79 Å². The quantitative estimate of drug-likeness (QED) is 0.928. The molecule has 0 aliphatic heterocycles. The van der Waals surface area contributed by atoms with Crippen molar-refractivity contribution in [3.8, 4) is 0 Å². The van der Waals surface area contributed by atoms with E-state index in [-0.39, 0.29) is 5.91 Å². The number of benzene rings is 1. The first-order valence-corrected chi connectivity index (χ1v) is 5.85. The molecule has 0 saturated heterocycles. The molecule has 0 aromatic heterocycles. The molecule has 5 heteroatoms. The van der Waals surface area contributed by atoms with Crippen LogP contribution in [0.15, 0.2) is 22.7 Å². The molecule has 0 unspecified atom stereocenters. The average Bonchev–Trinajstić information content (AvgIpc) is 2.23. The van der Waals surface area contributed by atoms with Gasteiger partial charge in [0.2, 0.25) is 0 Å². The van der Waals surface area contributed by atoms with Crippen molar-refractivity contribution < 1.29 is 9.53 Å². The van der Waals surface area contributed by atoms with Crippen molar-refractivity contribution in [1.29, 1.82) is 0 Å². The van der Waals surface area contributed by atoms with Gasteiger partial charge in [-0.05, 0) is 48.0 Å². The van der Waals surface area contributed by atoms with E-state index in [2.05, 4.69) is 21.2 Å². The molecule has 0 radical (unpaired) electrons. The molecule has 1 aromatic rings. The van der Waals surface area contributed by atoms with Gasteiger partial charge in [0.1, 0.15) is 5.60 Å². The van der Waals surface area contributed by atoms with Crippen LogP contribution in [0.5, 0.6) is 0 Å². The first-order valence-electron chi connectivity index (χ1n) is 4.68. The summed E-state index contributed by atoms with van der Waals surface area (Å²) in [5.41, 5.74) is -0.182. The number of hydrogen-bond acceptors (Lipinski definition) is 2. The summed E-state index contributed by atoms with van der Waals surface area (Å²) in [5, 5.41) is 3.35. The molecular formula is C11H13BrClNO2. The number of methoxy groups -OCH3 is 1. The maximum atomic E-state index is 11.8. The van der Waals surface area contributed by atoms with Gasteiger partial charge < -0.3 is 10.1 Å². The number of ether oxygens (including phenoxy) is 1. The van der Waals surface area contributed by atoms with Gasteiger partial charge in [0.25, 0.3) is 5.91 Å². The van der Waals surface area contributed by atoms with Crippen molar-refractivity contribution in [3.05, 3.63) is 27.7 Å². The summed E-state index contributed by atoms with van der Waals surface area (Å²) in [6.45, 7) is 3.40. The number of anilines is 1. The molecule has 16 heavy (non-hydrogen) atoms. The maximum Gasteiger partial charge on any atom is 0.256 e. The van der Waals surface area contributed by atoms with Crippen molar-refractivity contribution in [3.63, 3.8) is 0 Å². The summed E-state index contributed by atoms with van der Waals surface area (Å²) in [6, 6.07) is 5.18. The maximum absolute atomic E-state index is 11.8. The van der Waals surface area contributed by atoms with Crippen LogP contribution < -0.4 is 5.32 Å². The zero-order valence-corrected chi connectivity index (χ0v) is 11.6. The number of halogens is 2. The summed E-state index contributed by atoms with van der Waals surface area (Å²) in [6.07, 6.45) is 0. The van der Waals surface area contributed by atoms with E-state index in [1.165, 1.54) is 7.11 Å². The largest absolute Gasteiger partial charge is 0.369 e. The topological polar surface area (TPSA) is 38.3 Å². The van der Waals surface area contributed by atoms with Crippen LogP contribution in [0.3, 0.4) is 0 Å². The molecule has 1 N–H and O–H groups in total. The first-order chi connectivity index (χ1) is 7.36. The number of carbonyl (C=O) groups excluding carboxylic acids is 1. The predicted octanol–water partition coefficient (Wildman–Crippen LogP) is 3.47. The van der Waals surface area contributed by atoms with Crippen LogP contribution in [0.4, 0.5) is 5.69 Å². The minimum absolute atomic E-state index is 0.204. The lowest BCUT2D eigenvalue weighted by molar-refractivity contribution is -0.133. The molecule has 0 fully saturated rings. The Balaban J connectivity index is 2.82. The summed E-state index contributed by atoms with van der Waals surface area (Å²) < 4.78 is 5.81. The van der Waals surface area contributed by atoms with Crippen molar-refractivity contribution in [2.24, 2.45) is 0 Å². The highest BCUT2D eigenvalue weighted by Crippen LogP contribution is 2.26. The van der Waals surface area contributed by atoms with Gasteiger partial charge >= 0.3 is 0 Å². The molecule has 3 nitrogen and oxygen atoms in total. The molecule has 0 spiro atoms. The van der Waals surface area contributed by atoms with E-state index in [1.807, 2.05) is 0 Å². The predicted molar refractivity (Wildman–Crippen MR) is 68.9 cm³/mol. The van der Waals surface area contributed by atoms with Gasteiger partial charge in [-0.15, -0.1) is 0 Å². The van der Waals surface area contributed by atoms with Crippen molar-refractivity contribution in [1.82, 2.24) is 0 Å². The SMILES string of the molecule is COC(C)(C)C(=O)Nc1ccc(Cl)c(Br)c1.